The van der Waals surface area contributed by atoms with E-state index >= 15 is 0 Å². The van der Waals surface area contributed by atoms with E-state index in [1.165, 1.54) is 11.1 Å². The summed E-state index contributed by atoms with van der Waals surface area (Å²) >= 11 is 0. The number of nitrogens with one attached hydrogen (secondary N) is 1. The Balaban J connectivity index is 1.42. The number of rotatable bonds is 8. The van der Waals surface area contributed by atoms with Gasteiger partial charge >= 0.3 is 0 Å². The van der Waals surface area contributed by atoms with Crippen LogP contribution >= 0.6 is 0 Å². The van der Waals surface area contributed by atoms with Gasteiger partial charge in [-0.2, -0.15) is 0 Å². The van der Waals surface area contributed by atoms with Gasteiger partial charge in [0.1, 0.15) is 11.6 Å². The molecule has 0 bridgehead atoms. The van der Waals surface area contributed by atoms with Crippen LogP contribution in [0.4, 0.5) is 23.0 Å². The Hall–Kier alpha value is -4.57. The third kappa shape index (κ3) is 4.60. The van der Waals surface area contributed by atoms with E-state index in [-0.39, 0.29) is 5.75 Å². The van der Waals surface area contributed by atoms with Gasteiger partial charge in [-0.15, -0.1) is 0 Å². The average Bonchev–Trinajstić information content (AvgIpc) is 3.54. The zero-order valence-electron chi connectivity index (χ0n) is 23.4. The van der Waals surface area contributed by atoms with Gasteiger partial charge in [-0.05, 0) is 38.6 Å². The van der Waals surface area contributed by atoms with Crippen molar-refractivity contribution < 1.29 is 5.11 Å². The first kappa shape index (κ1) is 25.7. The van der Waals surface area contributed by atoms with Gasteiger partial charge < -0.3 is 35.1 Å². The number of aromatic nitrogens is 5. The van der Waals surface area contributed by atoms with Gasteiger partial charge in [-0.3, -0.25) is 0 Å². The summed E-state index contributed by atoms with van der Waals surface area (Å²) < 4.78 is 4.30. The van der Waals surface area contributed by atoms with Crippen molar-refractivity contribution >= 4 is 33.9 Å². The van der Waals surface area contributed by atoms with Gasteiger partial charge in [0.2, 0.25) is 5.95 Å². The quantitative estimate of drug-likeness (QED) is 0.151. The van der Waals surface area contributed by atoms with Crippen LogP contribution in [0.5, 0.6) is 5.75 Å². The monoisotopic (exact) mass is 537 g/mol. The number of phenols is 1. The van der Waals surface area contributed by atoms with E-state index in [1.807, 2.05) is 43.9 Å². The van der Waals surface area contributed by atoms with Crippen LogP contribution in [0.2, 0.25) is 0 Å². The van der Waals surface area contributed by atoms with Crippen molar-refractivity contribution in [3.05, 3.63) is 60.7 Å². The molecular formula is C30H35N9O. The molecule has 3 aromatic heterocycles. The number of hydrogen-bond donors (Lipinski definition) is 3. The Morgan fingerprint density at radius 1 is 1.10 bits per heavy atom. The summed E-state index contributed by atoms with van der Waals surface area (Å²) in [6.07, 6.45) is 9.87. The molecule has 0 unspecified atom stereocenters. The third-order valence-electron chi connectivity index (χ3n) is 7.62. The number of imidazole rings is 1. The van der Waals surface area contributed by atoms with Crippen molar-refractivity contribution in [2.75, 3.05) is 50.2 Å². The lowest BCUT2D eigenvalue weighted by molar-refractivity contribution is 0.416. The van der Waals surface area contributed by atoms with Crippen LogP contribution in [0.15, 0.2) is 55.1 Å². The smallest absolute Gasteiger partial charge is 0.227 e. The number of hydrogen-bond acceptors (Lipinski definition) is 8. The second kappa shape index (κ2) is 10.2. The maximum absolute atomic E-state index is 10.9. The van der Waals surface area contributed by atoms with Gasteiger partial charge in [0.15, 0.2) is 0 Å². The Morgan fingerprint density at radius 2 is 1.95 bits per heavy atom. The van der Waals surface area contributed by atoms with Crippen molar-refractivity contribution in [1.29, 1.82) is 0 Å². The molecule has 40 heavy (non-hydrogen) atoms. The normalized spacial score (nSPS) is 12.8. The highest BCUT2D eigenvalue weighted by Gasteiger charge is 2.22. The number of aromatic hydroxyl groups is 1. The molecule has 1 aliphatic rings. The lowest BCUT2D eigenvalue weighted by Crippen LogP contribution is -2.28. The highest BCUT2D eigenvalue weighted by molar-refractivity contribution is 6.00. The molecule has 0 saturated heterocycles. The van der Waals surface area contributed by atoms with Crippen molar-refractivity contribution in [2.24, 2.45) is 7.05 Å². The molecule has 2 aromatic carbocycles. The van der Waals surface area contributed by atoms with Crippen molar-refractivity contribution in [1.82, 2.24) is 29.0 Å². The zero-order chi connectivity index (χ0) is 28.0. The molecule has 10 nitrogen and oxygen atoms in total. The highest BCUT2D eigenvalue weighted by atomic mass is 16.3. The largest absolute Gasteiger partial charge is 0.506 e. The molecule has 206 valence electrons. The summed E-state index contributed by atoms with van der Waals surface area (Å²) in [4.78, 5) is 18.4. The molecule has 0 aliphatic carbocycles. The second-order valence-electron chi connectivity index (χ2n) is 10.7. The molecule has 0 atom stereocenters. The number of nitrogens with zero attached hydrogens (tertiary/aromatic N) is 7. The maximum Gasteiger partial charge on any atom is 0.227 e. The SMILES string of the molecule is CN(C)CCN(C)c1cc(O)c(Nc2ncc(-c3nccn3C)c(-c3cn4c5c(cccc35)CCC4)n2)cc1N. The van der Waals surface area contributed by atoms with Gasteiger partial charge in [0, 0.05) is 75.5 Å². The van der Waals surface area contributed by atoms with Crippen molar-refractivity contribution in [3.63, 3.8) is 0 Å². The summed E-state index contributed by atoms with van der Waals surface area (Å²) in [6.45, 7) is 2.62. The molecule has 6 rings (SSSR count). The fourth-order valence-corrected chi connectivity index (χ4v) is 5.50. The summed E-state index contributed by atoms with van der Waals surface area (Å²) in [5, 5.41) is 15.3. The van der Waals surface area contributed by atoms with Gasteiger partial charge in [0.05, 0.1) is 33.8 Å². The van der Waals surface area contributed by atoms with Crippen LogP contribution in [-0.4, -0.2) is 68.3 Å². The molecule has 0 radical (unpaired) electrons. The molecule has 1 aliphatic heterocycles. The molecule has 10 heteroatoms. The van der Waals surface area contributed by atoms with E-state index in [1.54, 1.807) is 24.5 Å². The number of likely N-dealkylation sites (N-methyl/N-ethyl adjacent to an activating group) is 2. The van der Waals surface area contributed by atoms with E-state index < -0.39 is 0 Å². The van der Waals surface area contributed by atoms with Gasteiger partial charge in [-0.1, -0.05) is 18.2 Å². The molecule has 4 N–H and O–H groups in total. The number of nitrogens with two attached hydrogens (primary N) is 1. The number of para-hydroxylation sites is 1. The zero-order valence-corrected chi connectivity index (χ0v) is 23.4. The van der Waals surface area contributed by atoms with Crippen LogP contribution < -0.4 is 16.0 Å². The lowest BCUT2D eigenvalue weighted by atomic mass is 10.0. The second-order valence-corrected chi connectivity index (χ2v) is 10.7. The first-order chi connectivity index (χ1) is 19.3. The summed E-state index contributed by atoms with van der Waals surface area (Å²) in [6, 6.07) is 9.90. The standard InChI is InChI=1S/C30H35N9O/c1-36(2)13-14-37(3)25-16-26(40)24(15-23(25)31)34-30-33-17-21(29-32-10-12-38(29)4)27(35-30)22-18-39-11-6-8-19-7-5-9-20(22)28(19)39/h5,7,9-10,12,15-18,40H,6,8,11,13-14,31H2,1-4H3,(H,33,34,35). The number of benzene rings is 2. The lowest BCUT2D eigenvalue weighted by Gasteiger charge is -2.24. The molecule has 0 fully saturated rings. The molecule has 0 saturated carbocycles. The number of aryl methyl sites for hydroxylation is 3. The Morgan fingerprint density at radius 3 is 2.73 bits per heavy atom. The van der Waals surface area contributed by atoms with E-state index in [4.69, 9.17) is 10.7 Å². The van der Waals surface area contributed by atoms with Crippen molar-refractivity contribution in [2.45, 2.75) is 19.4 Å². The number of phenolic OH excluding ortho intramolecular Hbond substituents is 1. The molecule has 4 heterocycles. The fraction of sp³-hybridized carbons (Fsp3) is 0.300. The predicted molar refractivity (Wildman–Crippen MR) is 161 cm³/mol. The highest BCUT2D eigenvalue weighted by Crippen LogP contribution is 2.40. The van der Waals surface area contributed by atoms with E-state index in [9.17, 15) is 5.11 Å². The predicted octanol–water partition coefficient (Wildman–Crippen LogP) is 4.47. The topological polar surface area (TPSA) is 113 Å². The molecular weight excluding hydrogens is 502 g/mol. The van der Waals surface area contributed by atoms with Crippen LogP contribution in [0.25, 0.3) is 33.5 Å². The molecule has 0 spiro atoms. The number of anilines is 4. The maximum atomic E-state index is 10.9. The van der Waals surface area contributed by atoms with Crippen LogP contribution in [0.3, 0.4) is 0 Å². The first-order valence-corrected chi connectivity index (χ1v) is 13.5. The minimum absolute atomic E-state index is 0.0753. The summed E-state index contributed by atoms with van der Waals surface area (Å²) in [5.74, 6) is 1.22. The molecule has 5 aromatic rings. The average molecular weight is 538 g/mol. The Labute approximate surface area is 233 Å². The van der Waals surface area contributed by atoms with Crippen LogP contribution in [0, 0.1) is 0 Å². The fourth-order valence-electron chi connectivity index (χ4n) is 5.50. The third-order valence-corrected chi connectivity index (χ3v) is 7.62. The van der Waals surface area contributed by atoms with Crippen LogP contribution in [0.1, 0.15) is 12.0 Å². The van der Waals surface area contributed by atoms with E-state index in [0.717, 1.165) is 66.2 Å². The first-order valence-electron chi connectivity index (χ1n) is 13.5. The Kier molecular flexibility index (Phi) is 6.55. The van der Waals surface area contributed by atoms with Crippen LogP contribution in [-0.2, 0) is 20.0 Å². The summed E-state index contributed by atoms with van der Waals surface area (Å²) in [7, 11) is 7.98. The van der Waals surface area contributed by atoms with Crippen molar-refractivity contribution in [3.8, 4) is 28.4 Å². The van der Waals surface area contributed by atoms with Gasteiger partial charge in [0.25, 0.3) is 0 Å². The summed E-state index contributed by atoms with van der Waals surface area (Å²) in [5.41, 5.74) is 13.5. The minimum atomic E-state index is 0.0753. The van der Waals surface area contributed by atoms with Gasteiger partial charge in [-0.25, -0.2) is 15.0 Å². The molecule has 0 amide bonds. The Bertz CT molecular complexity index is 1700. The minimum Gasteiger partial charge on any atom is -0.506 e. The number of nitrogen functional groups attached to an aromatic ring is 1. The van der Waals surface area contributed by atoms with E-state index in [0.29, 0.717) is 17.3 Å². The van der Waals surface area contributed by atoms with E-state index in [2.05, 4.69) is 49.1 Å².